The SMILES string of the molecule is CCc1ccc(Cn2c(C)nc3ccc(C(=O)NS(=O)(=O)c4ccc(C)cc4)cc32)c(Cl)c1. The molecule has 0 atom stereocenters. The van der Waals surface area contributed by atoms with Crippen LogP contribution in [0.15, 0.2) is 65.6 Å². The van der Waals surface area contributed by atoms with E-state index in [4.69, 9.17) is 11.6 Å². The highest BCUT2D eigenvalue weighted by atomic mass is 35.5. The molecule has 6 nitrogen and oxygen atoms in total. The van der Waals surface area contributed by atoms with Gasteiger partial charge in [0.05, 0.1) is 22.5 Å². The Morgan fingerprint density at radius 2 is 1.76 bits per heavy atom. The molecule has 170 valence electrons. The zero-order chi connectivity index (χ0) is 23.8. The topological polar surface area (TPSA) is 81.1 Å². The Labute approximate surface area is 198 Å². The van der Waals surface area contributed by atoms with Crippen molar-refractivity contribution in [2.75, 3.05) is 0 Å². The van der Waals surface area contributed by atoms with Crippen LogP contribution >= 0.6 is 11.6 Å². The van der Waals surface area contributed by atoms with Crippen LogP contribution in [0.25, 0.3) is 11.0 Å². The molecule has 0 bridgehead atoms. The lowest BCUT2D eigenvalue weighted by Crippen LogP contribution is -2.30. The Balaban J connectivity index is 1.65. The highest BCUT2D eigenvalue weighted by Crippen LogP contribution is 2.24. The molecule has 0 aliphatic carbocycles. The third-order valence-corrected chi connectivity index (χ3v) is 7.31. The smallest absolute Gasteiger partial charge is 0.265 e. The molecule has 0 aliphatic rings. The summed E-state index contributed by atoms with van der Waals surface area (Å²) >= 11 is 6.49. The van der Waals surface area contributed by atoms with Crippen LogP contribution in [0.1, 0.15) is 39.8 Å². The van der Waals surface area contributed by atoms with E-state index >= 15 is 0 Å². The number of hydrogen-bond donors (Lipinski definition) is 1. The third-order valence-electron chi connectivity index (χ3n) is 5.61. The molecule has 0 aliphatic heterocycles. The first-order valence-corrected chi connectivity index (χ1v) is 12.4. The van der Waals surface area contributed by atoms with E-state index in [0.717, 1.165) is 34.5 Å². The van der Waals surface area contributed by atoms with Crippen molar-refractivity contribution in [1.82, 2.24) is 14.3 Å². The summed E-state index contributed by atoms with van der Waals surface area (Å²) in [6.45, 7) is 6.30. The first-order valence-electron chi connectivity index (χ1n) is 10.6. The van der Waals surface area contributed by atoms with Crippen LogP contribution in [-0.4, -0.2) is 23.9 Å². The van der Waals surface area contributed by atoms with Gasteiger partial charge in [0.2, 0.25) is 0 Å². The molecule has 1 N–H and O–H groups in total. The Hall–Kier alpha value is -3.16. The van der Waals surface area contributed by atoms with Gasteiger partial charge in [-0.05, 0) is 67.8 Å². The van der Waals surface area contributed by atoms with Gasteiger partial charge in [0, 0.05) is 10.6 Å². The highest BCUT2D eigenvalue weighted by molar-refractivity contribution is 7.90. The molecule has 0 saturated carbocycles. The Bertz CT molecular complexity index is 1460. The molecule has 0 unspecified atom stereocenters. The van der Waals surface area contributed by atoms with Gasteiger partial charge >= 0.3 is 0 Å². The lowest BCUT2D eigenvalue weighted by molar-refractivity contribution is 0.0981. The predicted molar refractivity (Wildman–Crippen MR) is 130 cm³/mol. The van der Waals surface area contributed by atoms with Crippen molar-refractivity contribution in [3.05, 3.63) is 93.8 Å². The molecule has 0 fully saturated rings. The normalized spacial score (nSPS) is 11.6. The molecule has 1 heterocycles. The molecular formula is C25H24ClN3O3S. The minimum atomic E-state index is -3.98. The van der Waals surface area contributed by atoms with E-state index in [-0.39, 0.29) is 10.5 Å². The monoisotopic (exact) mass is 481 g/mol. The van der Waals surface area contributed by atoms with Gasteiger partial charge in [-0.1, -0.05) is 48.4 Å². The number of amides is 1. The summed E-state index contributed by atoms with van der Waals surface area (Å²) in [4.78, 5) is 17.4. The van der Waals surface area contributed by atoms with Gasteiger partial charge in [-0.2, -0.15) is 0 Å². The number of benzene rings is 3. The second-order valence-corrected chi connectivity index (χ2v) is 10.1. The van der Waals surface area contributed by atoms with E-state index in [0.29, 0.717) is 17.1 Å². The number of hydrogen-bond acceptors (Lipinski definition) is 4. The summed E-state index contributed by atoms with van der Waals surface area (Å²) in [5.41, 5.74) is 4.69. The molecular weight excluding hydrogens is 458 g/mol. The van der Waals surface area contributed by atoms with Gasteiger partial charge in [-0.3, -0.25) is 4.79 Å². The molecule has 8 heteroatoms. The van der Waals surface area contributed by atoms with Gasteiger partial charge in [-0.25, -0.2) is 18.1 Å². The highest BCUT2D eigenvalue weighted by Gasteiger charge is 2.20. The van der Waals surface area contributed by atoms with Crippen molar-refractivity contribution in [2.45, 2.75) is 38.6 Å². The number of nitrogens with one attached hydrogen (secondary N) is 1. The van der Waals surface area contributed by atoms with Crippen LogP contribution in [0.3, 0.4) is 0 Å². The molecule has 0 spiro atoms. The van der Waals surface area contributed by atoms with Crippen molar-refractivity contribution >= 4 is 38.6 Å². The second kappa shape index (κ2) is 9.00. The summed E-state index contributed by atoms with van der Waals surface area (Å²) in [6, 6.07) is 17.3. The fraction of sp³-hybridized carbons (Fsp3) is 0.200. The van der Waals surface area contributed by atoms with Gasteiger partial charge in [0.1, 0.15) is 5.82 Å². The van der Waals surface area contributed by atoms with Crippen LogP contribution in [0.2, 0.25) is 5.02 Å². The van der Waals surface area contributed by atoms with Crippen molar-refractivity contribution in [3.8, 4) is 0 Å². The number of fused-ring (bicyclic) bond motifs is 1. The van der Waals surface area contributed by atoms with Gasteiger partial charge in [0.15, 0.2) is 0 Å². The van der Waals surface area contributed by atoms with E-state index in [1.165, 1.54) is 12.1 Å². The average Bonchev–Trinajstić information content (AvgIpc) is 3.09. The molecule has 3 aromatic carbocycles. The van der Waals surface area contributed by atoms with Crippen molar-refractivity contribution in [3.63, 3.8) is 0 Å². The molecule has 33 heavy (non-hydrogen) atoms. The summed E-state index contributed by atoms with van der Waals surface area (Å²) in [6.07, 6.45) is 0.900. The number of halogens is 1. The fourth-order valence-corrected chi connectivity index (χ4v) is 4.89. The summed E-state index contributed by atoms with van der Waals surface area (Å²) in [5, 5.41) is 0.675. The van der Waals surface area contributed by atoms with E-state index in [9.17, 15) is 13.2 Å². The summed E-state index contributed by atoms with van der Waals surface area (Å²) in [7, 11) is -3.98. The Morgan fingerprint density at radius 1 is 1.03 bits per heavy atom. The van der Waals surface area contributed by atoms with Gasteiger partial charge in [0.25, 0.3) is 15.9 Å². The molecule has 0 radical (unpaired) electrons. The molecule has 4 rings (SSSR count). The first-order chi connectivity index (χ1) is 15.7. The standard InChI is InChI=1S/C25H24ClN3O3S/c1-4-18-7-8-20(22(26)13-18)15-29-17(3)27-23-12-9-19(14-24(23)29)25(30)28-33(31,32)21-10-5-16(2)6-11-21/h5-14H,4,15H2,1-3H3,(H,28,30). The van der Waals surface area contributed by atoms with Crippen molar-refractivity contribution in [1.29, 1.82) is 0 Å². The maximum Gasteiger partial charge on any atom is 0.265 e. The molecule has 1 amide bonds. The van der Waals surface area contributed by atoms with Gasteiger partial charge < -0.3 is 4.57 Å². The number of carbonyl (C=O) groups is 1. The van der Waals surface area contributed by atoms with E-state index in [1.54, 1.807) is 30.3 Å². The first kappa shape index (κ1) is 23.0. The minimum Gasteiger partial charge on any atom is -0.324 e. The van der Waals surface area contributed by atoms with E-state index < -0.39 is 15.9 Å². The number of sulfonamides is 1. The lowest BCUT2D eigenvalue weighted by Gasteiger charge is -2.11. The summed E-state index contributed by atoms with van der Waals surface area (Å²) in [5.74, 6) is 0.0682. The molecule has 1 aromatic heterocycles. The van der Waals surface area contributed by atoms with Crippen LogP contribution in [0.5, 0.6) is 0 Å². The third kappa shape index (κ3) is 4.79. The lowest BCUT2D eigenvalue weighted by atomic mass is 10.1. The van der Waals surface area contributed by atoms with Gasteiger partial charge in [-0.15, -0.1) is 0 Å². The number of aromatic nitrogens is 2. The molecule has 4 aromatic rings. The Kier molecular flexibility index (Phi) is 6.28. The maximum atomic E-state index is 12.8. The second-order valence-electron chi connectivity index (χ2n) is 7.98. The van der Waals surface area contributed by atoms with Crippen LogP contribution in [0.4, 0.5) is 0 Å². The van der Waals surface area contributed by atoms with Crippen LogP contribution < -0.4 is 4.72 Å². The number of aryl methyl sites for hydroxylation is 3. The largest absolute Gasteiger partial charge is 0.324 e. The zero-order valence-electron chi connectivity index (χ0n) is 18.6. The minimum absolute atomic E-state index is 0.0357. The maximum absolute atomic E-state index is 12.8. The van der Waals surface area contributed by atoms with Crippen LogP contribution in [0, 0.1) is 13.8 Å². The van der Waals surface area contributed by atoms with Crippen molar-refractivity contribution < 1.29 is 13.2 Å². The van der Waals surface area contributed by atoms with Crippen molar-refractivity contribution in [2.24, 2.45) is 0 Å². The number of nitrogens with zero attached hydrogens (tertiary/aromatic N) is 2. The average molecular weight is 482 g/mol. The molecule has 0 saturated heterocycles. The fourth-order valence-electron chi connectivity index (χ4n) is 3.65. The van der Waals surface area contributed by atoms with E-state index in [1.807, 2.05) is 36.6 Å². The van der Waals surface area contributed by atoms with Crippen LogP contribution in [-0.2, 0) is 23.0 Å². The predicted octanol–water partition coefficient (Wildman–Crippen LogP) is 5.04. The quantitative estimate of drug-likeness (QED) is 0.418. The number of carbonyl (C=O) groups excluding carboxylic acids is 1. The number of rotatable bonds is 6. The zero-order valence-corrected chi connectivity index (χ0v) is 20.2. The Morgan fingerprint density at radius 3 is 2.42 bits per heavy atom. The summed E-state index contributed by atoms with van der Waals surface area (Å²) < 4.78 is 29.4. The number of imidazole rings is 1. The van der Waals surface area contributed by atoms with E-state index in [2.05, 4.69) is 16.6 Å².